The SMILES string of the molecule is C.C.CB1OCc2cc3c(cc21)COB3O.CB1OCc2cccc(C)c21.CB1OCc2cccc(F)c21.Nc1ccc2c(c1)B(O)OC2.O=[N+]([O-])c1ccc2c(c1)B(O)CC2. The summed E-state index contributed by atoms with van der Waals surface area (Å²) in [6.45, 7) is 11.0. The minimum atomic E-state index is -0.784. The number of rotatable bonds is 1. The molecule has 5 aromatic rings. The summed E-state index contributed by atoms with van der Waals surface area (Å²) in [7, 11) is -1.53. The van der Waals surface area contributed by atoms with Gasteiger partial charge in [-0.1, -0.05) is 101 Å². The Labute approximate surface area is 366 Å². The molecule has 0 fully saturated rings. The van der Waals surface area contributed by atoms with Crippen molar-refractivity contribution in [2.24, 2.45) is 0 Å². The third kappa shape index (κ3) is 10.7. The molecule has 6 aliphatic rings. The lowest BCUT2D eigenvalue weighted by Gasteiger charge is -2.03. The number of nitrogens with zero attached hydrogens (tertiary/aromatic N) is 1. The maximum absolute atomic E-state index is 13.1. The third-order valence-electron chi connectivity index (χ3n) is 11.6. The third-order valence-corrected chi connectivity index (χ3v) is 11.6. The Hall–Kier alpha value is -4.70. The zero-order valence-electron chi connectivity index (χ0n) is 34.1. The highest BCUT2D eigenvalue weighted by Gasteiger charge is 2.33. The average Bonchev–Trinajstić information content (AvgIpc) is 4.11. The molecule has 12 nitrogen and oxygen atoms in total. The maximum atomic E-state index is 13.1. The number of nitro groups is 1. The number of aryl methyl sites for hydroxylation is 2. The highest BCUT2D eigenvalue weighted by molar-refractivity contribution is 6.69. The highest BCUT2D eigenvalue weighted by atomic mass is 19.1. The number of benzene rings is 5. The number of hydrogen-bond acceptors (Lipinski definition) is 11. The van der Waals surface area contributed by atoms with Crippen molar-refractivity contribution in [3.05, 3.63) is 140 Å². The number of non-ortho nitro benzene ring substituents is 1. The van der Waals surface area contributed by atoms with Gasteiger partial charge in [-0.2, -0.15) is 0 Å². The number of anilines is 1. The van der Waals surface area contributed by atoms with Gasteiger partial charge in [-0.05, 0) is 98.5 Å². The number of fused-ring (bicyclic) bond motifs is 6. The first-order chi connectivity index (χ1) is 28.8. The van der Waals surface area contributed by atoms with E-state index in [0.717, 1.165) is 51.7 Å². The lowest BCUT2D eigenvalue weighted by Crippen LogP contribution is -2.32. The van der Waals surface area contributed by atoms with Crippen LogP contribution in [0, 0.1) is 22.9 Å². The Morgan fingerprint density at radius 2 is 1.15 bits per heavy atom. The quantitative estimate of drug-likeness (QED) is 0.0846. The maximum Gasteiger partial charge on any atom is 0.491 e. The predicted molar refractivity (Wildman–Crippen MR) is 250 cm³/mol. The van der Waals surface area contributed by atoms with E-state index < -0.39 is 26.1 Å². The number of nitrogens with two attached hydrogens (primary N) is 1. The van der Waals surface area contributed by atoms with Gasteiger partial charge in [0.05, 0.1) is 38.0 Å². The zero-order valence-corrected chi connectivity index (χ0v) is 34.1. The van der Waals surface area contributed by atoms with Gasteiger partial charge in [-0.25, -0.2) is 4.39 Å². The number of nitrogen functional groups attached to an aromatic ring is 1. The van der Waals surface area contributed by atoms with Crippen LogP contribution in [0.15, 0.2) is 84.9 Å². The van der Waals surface area contributed by atoms with Crippen LogP contribution in [0.25, 0.3) is 0 Å². The van der Waals surface area contributed by atoms with Gasteiger partial charge in [0, 0.05) is 17.8 Å². The molecule has 62 heavy (non-hydrogen) atoms. The normalized spacial score (nSPS) is 15.4. The van der Waals surface area contributed by atoms with E-state index in [4.69, 9.17) is 29.0 Å². The van der Waals surface area contributed by atoms with E-state index in [-0.39, 0.29) is 40.2 Å². The molecule has 0 spiro atoms. The van der Waals surface area contributed by atoms with E-state index in [1.807, 2.05) is 31.8 Å². The van der Waals surface area contributed by atoms with Crippen molar-refractivity contribution < 1.29 is 47.7 Å². The van der Waals surface area contributed by atoms with Gasteiger partial charge in [0.2, 0.25) is 0 Å². The number of nitro benzene ring substituents is 1. The van der Waals surface area contributed by atoms with Gasteiger partial charge in [-0.15, -0.1) is 0 Å². The van der Waals surface area contributed by atoms with Crippen molar-refractivity contribution in [1.29, 1.82) is 0 Å². The lowest BCUT2D eigenvalue weighted by molar-refractivity contribution is -0.384. The van der Waals surface area contributed by atoms with Crippen molar-refractivity contribution >= 4 is 86.1 Å². The molecular formula is C43H53B6FN2O10. The van der Waals surface area contributed by atoms with Gasteiger partial charge in [0.1, 0.15) is 5.82 Å². The molecule has 0 aliphatic carbocycles. The summed E-state index contributed by atoms with van der Waals surface area (Å²) in [6.07, 6.45) is 1.49. The Balaban J connectivity index is 0.000000146. The van der Waals surface area contributed by atoms with Gasteiger partial charge in [0.15, 0.2) is 0 Å². The lowest BCUT2D eigenvalue weighted by atomic mass is 9.62. The topological polar surface area (TPSA) is 176 Å². The summed E-state index contributed by atoms with van der Waals surface area (Å²) in [5.41, 5.74) is 20.0. The van der Waals surface area contributed by atoms with Gasteiger partial charge in [0.25, 0.3) is 5.69 Å². The highest BCUT2D eigenvalue weighted by Crippen LogP contribution is 2.19. The largest absolute Gasteiger partial charge is 0.491 e. The van der Waals surface area contributed by atoms with Crippen molar-refractivity contribution in [2.45, 2.75) is 88.0 Å². The van der Waals surface area contributed by atoms with Gasteiger partial charge in [-0.3, -0.25) is 10.1 Å². The molecule has 0 atom stereocenters. The Morgan fingerprint density at radius 3 is 1.81 bits per heavy atom. The van der Waals surface area contributed by atoms with E-state index in [2.05, 4.69) is 38.0 Å². The average molecular weight is 842 g/mol. The number of halogens is 1. The molecule has 0 saturated heterocycles. The molecule has 0 unspecified atom stereocenters. The van der Waals surface area contributed by atoms with Crippen LogP contribution in [0.1, 0.15) is 53.8 Å². The van der Waals surface area contributed by atoms with E-state index >= 15 is 0 Å². The standard InChI is InChI=1S/C9H10B2O3.C9H11BO.C8H8BFO.C8H8BNO3.C7H8BNO2.2CH4/c1-10-8-2-7-5-14-11(12)9(7)3-6(8)4-13-10;1-7-4-3-5-8-6-11-10(2)9(7)8;1-9-8-6(5-11-9)3-2-4-7(8)10;11-9-4-3-6-1-2-7(10(12)13)5-8(6)9;9-6-2-1-5-4-11-8(10)7(5)3-6;;/h2-3,12H,4-5H2,1H3;3-5H,6H2,1-2H3;2-4H,5H2,1H3;1-2,5,11H,3-4H2;1-3,10H,4,9H2;2*1H4. The summed E-state index contributed by atoms with van der Waals surface area (Å²) in [5.74, 6) is -0.146. The second kappa shape index (κ2) is 21.1. The predicted octanol–water partition coefficient (Wildman–Crippen LogP) is 2.90. The summed E-state index contributed by atoms with van der Waals surface area (Å²) >= 11 is 0. The van der Waals surface area contributed by atoms with E-state index in [0.29, 0.717) is 50.8 Å². The number of hydrogen-bond donors (Lipinski definition) is 4. The fraction of sp³-hybridized carbons (Fsp3) is 0.302. The smallest absolute Gasteiger partial charge is 0.446 e. The molecule has 6 aliphatic heterocycles. The molecule has 5 N–H and O–H groups in total. The van der Waals surface area contributed by atoms with Gasteiger partial charge < -0.3 is 44.1 Å². The van der Waals surface area contributed by atoms with Crippen LogP contribution in [-0.4, -0.2) is 61.9 Å². The fourth-order valence-electron chi connectivity index (χ4n) is 8.27. The molecule has 6 heterocycles. The second-order valence-corrected chi connectivity index (χ2v) is 15.5. The van der Waals surface area contributed by atoms with E-state index in [1.54, 1.807) is 24.3 Å². The Bertz CT molecular complexity index is 2280. The fourth-order valence-corrected chi connectivity index (χ4v) is 8.27. The zero-order chi connectivity index (χ0) is 42.7. The summed E-state index contributed by atoms with van der Waals surface area (Å²) < 4.78 is 39.5. The minimum Gasteiger partial charge on any atom is -0.446 e. The summed E-state index contributed by atoms with van der Waals surface area (Å²) in [6, 6.07) is 25.7. The van der Waals surface area contributed by atoms with Crippen LogP contribution in [-0.2, 0) is 62.7 Å². The van der Waals surface area contributed by atoms with Crippen LogP contribution < -0.4 is 38.5 Å². The van der Waals surface area contributed by atoms with E-state index in [9.17, 15) is 29.6 Å². The van der Waals surface area contributed by atoms with Crippen LogP contribution in [0.4, 0.5) is 15.8 Å². The van der Waals surface area contributed by atoms with Crippen LogP contribution in [0.3, 0.4) is 0 Å². The first kappa shape index (κ1) is 48.3. The first-order valence-corrected chi connectivity index (χ1v) is 20.1. The van der Waals surface area contributed by atoms with Crippen molar-refractivity contribution in [3.63, 3.8) is 0 Å². The minimum absolute atomic E-state index is 0. The molecule has 11 rings (SSSR count). The van der Waals surface area contributed by atoms with Crippen LogP contribution >= 0.6 is 0 Å². The van der Waals surface area contributed by atoms with Crippen molar-refractivity contribution in [3.8, 4) is 0 Å². The van der Waals surface area contributed by atoms with Gasteiger partial charge >= 0.3 is 41.9 Å². The van der Waals surface area contributed by atoms with Crippen LogP contribution in [0.5, 0.6) is 0 Å². The molecule has 5 aromatic carbocycles. The van der Waals surface area contributed by atoms with Crippen molar-refractivity contribution in [1.82, 2.24) is 0 Å². The molecule has 0 amide bonds. The molecule has 0 saturated carbocycles. The van der Waals surface area contributed by atoms with E-state index in [1.165, 1.54) is 45.8 Å². The molecule has 0 aromatic heterocycles. The monoisotopic (exact) mass is 842 g/mol. The second-order valence-electron chi connectivity index (χ2n) is 15.5. The molecule has 0 radical (unpaired) electrons. The Morgan fingerprint density at radius 1 is 0.613 bits per heavy atom. The summed E-state index contributed by atoms with van der Waals surface area (Å²) in [5, 5.41) is 38.6. The molecule has 0 bridgehead atoms. The van der Waals surface area contributed by atoms with Crippen molar-refractivity contribution in [2.75, 3.05) is 5.73 Å². The Kier molecular flexibility index (Phi) is 16.5. The van der Waals surface area contributed by atoms with Crippen LogP contribution in [0.2, 0.25) is 26.8 Å². The molecule has 320 valence electrons. The summed E-state index contributed by atoms with van der Waals surface area (Å²) in [4.78, 5) is 9.99. The molecular weight excluding hydrogens is 788 g/mol. The first-order valence-electron chi connectivity index (χ1n) is 20.1. The molecule has 19 heteroatoms.